The number of hydrogen-bond acceptors (Lipinski definition) is 5. The molecule has 0 bridgehead atoms. The van der Waals surface area contributed by atoms with Gasteiger partial charge in [0.15, 0.2) is 10.9 Å². The number of thiazole rings is 1. The number of nitrogens with zero attached hydrogens (tertiary/aromatic N) is 2. The maximum absolute atomic E-state index is 11.2. The molecule has 1 fully saturated rings. The van der Waals surface area contributed by atoms with Crippen LogP contribution in [-0.2, 0) is 4.74 Å². The highest BCUT2D eigenvalue weighted by atomic mass is 32.1. The fraction of sp³-hybridized carbons (Fsp3) is 0.636. The fourth-order valence-electron chi connectivity index (χ4n) is 1.96. The zero-order chi connectivity index (χ0) is 11.7. The molecule has 2 unspecified atom stereocenters. The van der Waals surface area contributed by atoms with E-state index >= 15 is 0 Å². The van der Waals surface area contributed by atoms with Gasteiger partial charge in [-0.05, 0) is 13.3 Å². The van der Waals surface area contributed by atoms with E-state index < -0.39 is 0 Å². The molecule has 2 atom stereocenters. The van der Waals surface area contributed by atoms with Crippen LogP contribution in [0, 0.1) is 0 Å². The molecular formula is C11H16N2O2S. The average molecular weight is 240 g/mol. The maximum atomic E-state index is 11.2. The molecule has 5 heteroatoms. The SMILES string of the molecule is CC(=O)c1csc(N(C)C2CCOC2C)n1. The highest BCUT2D eigenvalue weighted by Crippen LogP contribution is 2.27. The van der Waals surface area contributed by atoms with Gasteiger partial charge in [0.1, 0.15) is 5.69 Å². The van der Waals surface area contributed by atoms with Crippen molar-refractivity contribution in [2.24, 2.45) is 0 Å². The zero-order valence-electron chi connectivity index (χ0n) is 9.77. The van der Waals surface area contributed by atoms with Gasteiger partial charge in [0, 0.05) is 26.0 Å². The number of likely N-dealkylation sites (N-methyl/N-ethyl adjacent to an activating group) is 1. The van der Waals surface area contributed by atoms with Crippen molar-refractivity contribution in [1.29, 1.82) is 0 Å². The Bertz CT molecular complexity index is 391. The van der Waals surface area contributed by atoms with Crippen LogP contribution in [0.3, 0.4) is 0 Å². The van der Waals surface area contributed by atoms with Gasteiger partial charge in [0.2, 0.25) is 0 Å². The number of ether oxygens (including phenoxy) is 1. The molecule has 2 heterocycles. The smallest absolute Gasteiger partial charge is 0.186 e. The number of carbonyl (C=O) groups excluding carboxylic acids is 1. The van der Waals surface area contributed by atoms with Crippen LogP contribution in [0.25, 0.3) is 0 Å². The Morgan fingerprint density at radius 3 is 2.94 bits per heavy atom. The van der Waals surface area contributed by atoms with Gasteiger partial charge in [-0.15, -0.1) is 11.3 Å². The van der Waals surface area contributed by atoms with Crippen molar-refractivity contribution in [3.8, 4) is 0 Å². The third kappa shape index (κ3) is 2.10. The summed E-state index contributed by atoms with van der Waals surface area (Å²) in [6.07, 6.45) is 1.25. The van der Waals surface area contributed by atoms with Crippen LogP contribution in [0.2, 0.25) is 0 Å². The van der Waals surface area contributed by atoms with Crippen molar-refractivity contribution in [1.82, 2.24) is 4.98 Å². The second-order valence-electron chi connectivity index (χ2n) is 4.11. The summed E-state index contributed by atoms with van der Waals surface area (Å²) in [4.78, 5) is 17.6. The number of rotatable bonds is 3. The molecule has 1 saturated heterocycles. The monoisotopic (exact) mass is 240 g/mol. The van der Waals surface area contributed by atoms with E-state index in [1.54, 1.807) is 6.92 Å². The van der Waals surface area contributed by atoms with E-state index in [1.807, 2.05) is 12.4 Å². The molecule has 1 aromatic heterocycles. The van der Waals surface area contributed by atoms with Crippen LogP contribution in [0.15, 0.2) is 5.38 Å². The molecule has 0 radical (unpaired) electrons. The largest absolute Gasteiger partial charge is 0.376 e. The first-order chi connectivity index (χ1) is 7.59. The van der Waals surface area contributed by atoms with E-state index in [9.17, 15) is 4.79 Å². The molecule has 1 aliphatic heterocycles. The van der Waals surface area contributed by atoms with Gasteiger partial charge < -0.3 is 9.64 Å². The molecule has 88 valence electrons. The molecule has 1 aliphatic rings. The van der Waals surface area contributed by atoms with Gasteiger partial charge in [0.05, 0.1) is 12.1 Å². The van der Waals surface area contributed by atoms with Gasteiger partial charge in [-0.25, -0.2) is 4.98 Å². The van der Waals surface area contributed by atoms with E-state index in [-0.39, 0.29) is 11.9 Å². The first-order valence-electron chi connectivity index (χ1n) is 5.40. The van der Waals surface area contributed by atoms with E-state index in [1.165, 1.54) is 11.3 Å². The topological polar surface area (TPSA) is 42.4 Å². The summed E-state index contributed by atoms with van der Waals surface area (Å²) in [5.41, 5.74) is 0.554. The summed E-state index contributed by atoms with van der Waals surface area (Å²) in [6, 6.07) is 0.367. The minimum absolute atomic E-state index is 0.0200. The minimum Gasteiger partial charge on any atom is -0.376 e. The van der Waals surface area contributed by atoms with Gasteiger partial charge in [-0.2, -0.15) is 0 Å². The lowest BCUT2D eigenvalue weighted by Crippen LogP contribution is -2.36. The number of carbonyl (C=O) groups is 1. The molecule has 0 amide bonds. The summed E-state index contributed by atoms with van der Waals surface area (Å²) in [5, 5.41) is 2.71. The third-order valence-electron chi connectivity index (χ3n) is 2.99. The highest BCUT2D eigenvalue weighted by molar-refractivity contribution is 7.13. The Kier molecular flexibility index (Phi) is 3.25. The van der Waals surface area contributed by atoms with Crippen LogP contribution in [-0.4, -0.2) is 36.6 Å². The first kappa shape index (κ1) is 11.5. The lowest BCUT2D eigenvalue weighted by atomic mass is 10.1. The first-order valence-corrected chi connectivity index (χ1v) is 6.28. The molecule has 4 nitrogen and oxygen atoms in total. The Morgan fingerprint density at radius 1 is 1.69 bits per heavy atom. The summed E-state index contributed by atoms with van der Waals surface area (Å²) in [7, 11) is 2.01. The highest BCUT2D eigenvalue weighted by Gasteiger charge is 2.29. The minimum atomic E-state index is 0.0200. The van der Waals surface area contributed by atoms with Crippen molar-refractivity contribution >= 4 is 22.3 Å². The summed E-state index contributed by atoms with van der Waals surface area (Å²) >= 11 is 1.51. The zero-order valence-corrected chi connectivity index (χ0v) is 10.6. The lowest BCUT2D eigenvalue weighted by molar-refractivity contribution is 0.101. The molecule has 2 rings (SSSR count). The fourth-order valence-corrected chi connectivity index (χ4v) is 2.85. The van der Waals surface area contributed by atoms with E-state index in [0.29, 0.717) is 11.7 Å². The Morgan fingerprint density at radius 2 is 2.44 bits per heavy atom. The number of Topliss-reactive ketones (excluding diaryl/α,β-unsaturated/α-hetero) is 1. The van der Waals surface area contributed by atoms with Gasteiger partial charge >= 0.3 is 0 Å². The standard InChI is InChI=1S/C11H16N2O2S/c1-7(14)9-6-16-11(12-9)13(3)10-4-5-15-8(10)2/h6,8,10H,4-5H2,1-3H3. The van der Waals surface area contributed by atoms with Crippen LogP contribution < -0.4 is 4.90 Å². The van der Waals surface area contributed by atoms with Gasteiger partial charge in [0.25, 0.3) is 0 Å². The van der Waals surface area contributed by atoms with E-state index in [0.717, 1.165) is 18.2 Å². The number of hydrogen-bond donors (Lipinski definition) is 0. The van der Waals surface area contributed by atoms with Crippen LogP contribution in [0.4, 0.5) is 5.13 Å². The molecular weight excluding hydrogens is 224 g/mol. The van der Waals surface area contributed by atoms with Crippen molar-refractivity contribution in [3.63, 3.8) is 0 Å². The summed E-state index contributed by atoms with van der Waals surface area (Å²) in [6.45, 7) is 4.43. The molecule has 0 aliphatic carbocycles. The van der Waals surface area contributed by atoms with Crippen molar-refractivity contribution in [2.45, 2.75) is 32.4 Å². The summed E-state index contributed by atoms with van der Waals surface area (Å²) < 4.78 is 5.53. The number of anilines is 1. The Labute approximate surface area is 99.2 Å². The lowest BCUT2D eigenvalue weighted by Gasteiger charge is -2.25. The predicted octanol–water partition coefficient (Wildman–Crippen LogP) is 1.96. The predicted molar refractivity (Wildman–Crippen MR) is 64.3 cm³/mol. The number of aromatic nitrogens is 1. The van der Waals surface area contributed by atoms with Crippen molar-refractivity contribution < 1.29 is 9.53 Å². The average Bonchev–Trinajstić information content (AvgIpc) is 2.84. The maximum Gasteiger partial charge on any atom is 0.186 e. The molecule has 0 saturated carbocycles. The van der Waals surface area contributed by atoms with Crippen molar-refractivity contribution in [3.05, 3.63) is 11.1 Å². The van der Waals surface area contributed by atoms with Gasteiger partial charge in [-0.1, -0.05) is 0 Å². The summed E-state index contributed by atoms with van der Waals surface area (Å²) in [5.74, 6) is 0.0200. The Hall–Kier alpha value is -0.940. The second-order valence-corrected chi connectivity index (χ2v) is 4.95. The third-order valence-corrected chi connectivity index (χ3v) is 3.92. The molecule has 16 heavy (non-hydrogen) atoms. The molecule has 0 aromatic carbocycles. The van der Waals surface area contributed by atoms with Crippen LogP contribution in [0.5, 0.6) is 0 Å². The van der Waals surface area contributed by atoms with E-state index in [2.05, 4.69) is 16.8 Å². The van der Waals surface area contributed by atoms with E-state index in [4.69, 9.17) is 4.74 Å². The van der Waals surface area contributed by atoms with Crippen LogP contribution in [0.1, 0.15) is 30.8 Å². The van der Waals surface area contributed by atoms with Crippen molar-refractivity contribution in [2.75, 3.05) is 18.6 Å². The Balaban J connectivity index is 2.13. The van der Waals surface area contributed by atoms with Crippen LogP contribution >= 0.6 is 11.3 Å². The molecule has 0 spiro atoms. The second kappa shape index (κ2) is 4.51. The quantitative estimate of drug-likeness (QED) is 0.757. The van der Waals surface area contributed by atoms with Gasteiger partial charge in [-0.3, -0.25) is 4.79 Å². The molecule has 1 aromatic rings. The molecule has 0 N–H and O–H groups in total. The normalized spacial score (nSPS) is 24.7. The number of ketones is 1.